The number of nitrogens with zero attached hydrogens (tertiary/aromatic N) is 2. The summed E-state index contributed by atoms with van der Waals surface area (Å²) in [5, 5.41) is 2.03. The third-order valence-electron chi connectivity index (χ3n) is 5.88. The maximum absolute atomic E-state index is 13.6. The number of fused-ring (bicyclic) bond motifs is 3. The number of hydrogen-bond donors (Lipinski definition) is 0. The van der Waals surface area contributed by atoms with Crippen LogP contribution in [0.25, 0.3) is 11.8 Å². The molecule has 3 heterocycles. The lowest BCUT2D eigenvalue weighted by molar-refractivity contribution is 0.585. The molecule has 0 bridgehead atoms. The summed E-state index contributed by atoms with van der Waals surface area (Å²) in [4.78, 5) is 20.5. The van der Waals surface area contributed by atoms with E-state index in [1.807, 2.05) is 40.3 Å². The Labute approximate surface area is 195 Å². The van der Waals surface area contributed by atoms with Crippen LogP contribution in [-0.2, 0) is 6.42 Å². The van der Waals surface area contributed by atoms with Gasteiger partial charge in [0, 0.05) is 14.9 Å². The van der Waals surface area contributed by atoms with Gasteiger partial charge in [0.15, 0.2) is 4.80 Å². The number of rotatable bonds is 2. The van der Waals surface area contributed by atoms with Crippen LogP contribution in [0.15, 0.2) is 85.9 Å². The van der Waals surface area contributed by atoms with Crippen molar-refractivity contribution < 1.29 is 0 Å². The molecule has 31 heavy (non-hydrogen) atoms. The van der Waals surface area contributed by atoms with Crippen LogP contribution in [0.4, 0.5) is 0 Å². The maximum Gasteiger partial charge on any atom is 0.271 e. The number of halogens is 1. The zero-order chi connectivity index (χ0) is 20.9. The number of hydrogen-bond acceptors (Lipinski definition) is 4. The molecule has 4 aromatic rings. The first-order valence-corrected chi connectivity index (χ1v) is 12.6. The van der Waals surface area contributed by atoms with Crippen LogP contribution in [0.1, 0.15) is 34.0 Å². The Morgan fingerprint density at radius 1 is 1.03 bits per heavy atom. The Balaban J connectivity index is 1.65. The fourth-order valence-corrected chi connectivity index (χ4v) is 6.46. The predicted octanol–water partition coefficient (Wildman–Crippen LogP) is 5.14. The van der Waals surface area contributed by atoms with Crippen molar-refractivity contribution in [3.8, 4) is 0 Å². The molecule has 0 radical (unpaired) electrons. The van der Waals surface area contributed by atoms with Gasteiger partial charge in [-0.2, -0.15) is 0 Å². The summed E-state index contributed by atoms with van der Waals surface area (Å²) in [7, 11) is 0. The molecule has 0 saturated carbocycles. The molecular weight excluding hydrogens is 488 g/mol. The van der Waals surface area contributed by atoms with Crippen molar-refractivity contribution in [1.29, 1.82) is 0 Å². The molecule has 2 aromatic carbocycles. The average molecular weight is 505 g/mol. The molecule has 0 saturated heterocycles. The number of allylic oxidation sites excluding steroid dienone is 1. The Kier molecular flexibility index (Phi) is 4.67. The monoisotopic (exact) mass is 504 g/mol. The normalized spacial score (nSPS) is 17.7. The SMILES string of the molecule is O=c1/c(=C/c2cccs2)sc2n1[C@@H](c1ccc(Br)cc1)C1=C(N=2)c2ccccc2CC1. The van der Waals surface area contributed by atoms with Crippen LogP contribution in [0.3, 0.4) is 0 Å². The molecule has 0 fully saturated rings. The lowest BCUT2D eigenvalue weighted by Gasteiger charge is -2.30. The fraction of sp³-hybridized carbons (Fsp3) is 0.120. The molecule has 1 atom stereocenters. The number of aryl methyl sites for hydroxylation is 1. The van der Waals surface area contributed by atoms with Crippen molar-refractivity contribution in [2.75, 3.05) is 0 Å². The zero-order valence-corrected chi connectivity index (χ0v) is 19.6. The van der Waals surface area contributed by atoms with E-state index in [2.05, 4.69) is 52.3 Å². The molecule has 152 valence electrons. The molecule has 6 rings (SSSR count). The number of aromatic nitrogens is 1. The number of thiophene rings is 1. The van der Waals surface area contributed by atoms with E-state index in [1.165, 1.54) is 28.0 Å². The van der Waals surface area contributed by atoms with Gasteiger partial charge in [-0.05, 0) is 59.2 Å². The summed E-state index contributed by atoms with van der Waals surface area (Å²) < 4.78 is 3.67. The smallest absolute Gasteiger partial charge is 0.271 e. The van der Waals surface area contributed by atoms with Gasteiger partial charge in [-0.25, -0.2) is 4.99 Å². The summed E-state index contributed by atoms with van der Waals surface area (Å²) >= 11 is 6.66. The van der Waals surface area contributed by atoms with Gasteiger partial charge < -0.3 is 0 Å². The molecular formula is C25H17BrN2OS2. The highest BCUT2D eigenvalue weighted by Gasteiger charge is 2.32. The molecule has 0 N–H and O–H groups in total. The van der Waals surface area contributed by atoms with Gasteiger partial charge in [-0.15, -0.1) is 11.3 Å². The average Bonchev–Trinajstić information content (AvgIpc) is 3.41. The zero-order valence-electron chi connectivity index (χ0n) is 16.4. The van der Waals surface area contributed by atoms with Crippen molar-refractivity contribution in [1.82, 2.24) is 4.57 Å². The van der Waals surface area contributed by atoms with Crippen LogP contribution in [-0.4, -0.2) is 4.57 Å². The first-order chi connectivity index (χ1) is 15.2. The third-order valence-corrected chi connectivity index (χ3v) is 8.21. The van der Waals surface area contributed by atoms with Crippen molar-refractivity contribution in [2.45, 2.75) is 18.9 Å². The first-order valence-electron chi connectivity index (χ1n) is 10.1. The van der Waals surface area contributed by atoms with E-state index in [4.69, 9.17) is 4.99 Å². The van der Waals surface area contributed by atoms with Crippen LogP contribution in [0, 0.1) is 0 Å². The lowest BCUT2D eigenvalue weighted by Crippen LogP contribution is -2.38. The Morgan fingerprint density at radius 3 is 2.68 bits per heavy atom. The molecule has 2 aromatic heterocycles. The predicted molar refractivity (Wildman–Crippen MR) is 131 cm³/mol. The first kappa shape index (κ1) is 19.2. The van der Waals surface area contributed by atoms with Gasteiger partial charge in [-0.1, -0.05) is 69.7 Å². The van der Waals surface area contributed by atoms with Crippen molar-refractivity contribution in [3.63, 3.8) is 0 Å². The van der Waals surface area contributed by atoms with Gasteiger partial charge >= 0.3 is 0 Å². The lowest BCUT2D eigenvalue weighted by atomic mass is 9.83. The molecule has 1 aliphatic carbocycles. The molecule has 0 spiro atoms. The van der Waals surface area contributed by atoms with E-state index in [0.717, 1.165) is 42.8 Å². The highest BCUT2D eigenvalue weighted by atomic mass is 79.9. The minimum absolute atomic E-state index is 0.0375. The van der Waals surface area contributed by atoms with E-state index in [0.29, 0.717) is 0 Å². The van der Waals surface area contributed by atoms with Crippen LogP contribution < -0.4 is 14.9 Å². The summed E-state index contributed by atoms with van der Waals surface area (Å²) in [5.41, 5.74) is 5.96. The number of thiazole rings is 1. The van der Waals surface area contributed by atoms with Crippen molar-refractivity contribution in [3.05, 3.63) is 117 Å². The summed E-state index contributed by atoms with van der Waals surface area (Å²) in [5.74, 6) is 0. The van der Waals surface area contributed by atoms with Crippen LogP contribution in [0.2, 0.25) is 0 Å². The minimum atomic E-state index is -0.127. The van der Waals surface area contributed by atoms with E-state index in [9.17, 15) is 4.79 Å². The molecule has 2 aliphatic rings. The second-order valence-electron chi connectivity index (χ2n) is 7.68. The quantitative estimate of drug-likeness (QED) is 0.372. The highest BCUT2D eigenvalue weighted by Crippen LogP contribution is 2.41. The van der Waals surface area contributed by atoms with Gasteiger partial charge in [0.2, 0.25) is 0 Å². The molecule has 3 nitrogen and oxygen atoms in total. The van der Waals surface area contributed by atoms with Crippen molar-refractivity contribution >= 4 is 50.4 Å². The van der Waals surface area contributed by atoms with Gasteiger partial charge in [0.1, 0.15) is 0 Å². The second kappa shape index (κ2) is 7.55. The van der Waals surface area contributed by atoms with Crippen LogP contribution in [0.5, 0.6) is 0 Å². The standard InChI is InChI=1S/C25H17BrN2OS2/c26-17-10-7-16(8-11-17)23-20-12-9-15-4-1-2-6-19(15)22(20)27-25-28(23)24(29)21(31-25)14-18-5-3-13-30-18/h1-8,10-11,13-14,23H,9,12H2/b21-14-/t23-/m0/s1. The van der Waals surface area contributed by atoms with E-state index in [-0.39, 0.29) is 11.6 Å². The Bertz CT molecular complexity index is 1510. The van der Waals surface area contributed by atoms with E-state index >= 15 is 0 Å². The fourth-order valence-electron chi connectivity index (χ4n) is 4.47. The van der Waals surface area contributed by atoms with Gasteiger partial charge in [0.25, 0.3) is 5.56 Å². The minimum Gasteiger partial charge on any atom is -0.272 e. The third kappa shape index (κ3) is 3.21. The van der Waals surface area contributed by atoms with Crippen molar-refractivity contribution in [2.24, 2.45) is 4.99 Å². The highest BCUT2D eigenvalue weighted by molar-refractivity contribution is 9.10. The Morgan fingerprint density at radius 2 is 1.87 bits per heavy atom. The second-order valence-corrected chi connectivity index (χ2v) is 10.6. The molecule has 6 heteroatoms. The topological polar surface area (TPSA) is 34.4 Å². The Hall–Kier alpha value is -2.54. The van der Waals surface area contributed by atoms with Gasteiger partial charge in [-0.3, -0.25) is 9.36 Å². The molecule has 0 amide bonds. The number of benzene rings is 2. The summed E-state index contributed by atoms with van der Waals surface area (Å²) in [6.07, 6.45) is 3.87. The summed E-state index contributed by atoms with van der Waals surface area (Å²) in [6, 6.07) is 20.8. The van der Waals surface area contributed by atoms with E-state index in [1.54, 1.807) is 11.3 Å². The van der Waals surface area contributed by atoms with E-state index < -0.39 is 0 Å². The van der Waals surface area contributed by atoms with Gasteiger partial charge in [0.05, 0.1) is 16.3 Å². The summed E-state index contributed by atoms with van der Waals surface area (Å²) in [6.45, 7) is 0. The maximum atomic E-state index is 13.6. The largest absolute Gasteiger partial charge is 0.272 e. The molecule has 0 unspecified atom stereocenters. The van der Waals surface area contributed by atoms with Crippen LogP contribution >= 0.6 is 38.6 Å². The molecule has 1 aliphatic heterocycles.